The van der Waals surface area contributed by atoms with Gasteiger partial charge in [0.2, 0.25) is 0 Å². The van der Waals surface area contributed by atoms with E-state index in [0.717, 1.165) is 27.9 Å². The van der Waals surface area contributed by atoms with Crippen LogP contribution in [0.25, 0.3) is 120 Å². The van der Waals surface area contributed by atoms with E-state index in [2.05, 4.69) is 161 Å². The molecule has 0 spiro atoms. The highest BCUT2D eigenvalue weighted by Gasteiger charge is 2.25. The maximum Gasteiger partial charge on any atom is 0.164 e. The highest BCUT2D eigenvalue weighted by molar-refractivity contribution is 7.26. The SMILES string of the molecule is c1ccc(-c2ccc(-c3nc(-c4ccccc4)nc(-c4cccc(-n5c6ccc7sc8ccc9c%10ccccc%10n%10c%11cccc5c%11c6c7c8c9%10)c4)n3)cc2)cc1. The lowest BCUT2D eigenvalue weighted by Gasteiger charge is -2.12. The highest BCUT2D eigenvalue weighted by atomic mass is 32.1. The van der Waals surface area contributed by atoms with Crippen LogP contribution >= 0.6 is 11.3 Å². The van der Waals surface area contributed by atoms with Gasteiger partial charge in [0.15, 0.2) is 17.5 Å². The van der Waals surface area contributed by atoms with Crippen LogP contribution in [0.2, 0.25) is 0 Å². The topological polar surface area (TPSA) is 48.0 Å². The third-order valence-electron chi connectivity index (χ3n) is 11.7. The molecule has 57 heavy (non-hydrogen) atoms. The molecule has 13 aromatic rings. The molecule has 0 bridgehead atoms. The number of fused-ring (bicyclic) bond motifs is 4. The molecule has 6 heteroatoms. The quantitative estimate of drug-likeness (QED) is 0.176. The number of nitrogens with zero attached hydrogens (tertiary/aromatic N) is 5. The first-order chi connectivity index (χ1) is 28.3. The lowest BCUT2D eigenvalue weighted by Crippen LogP contribution is -2.01. The highest BCUT2D eigenvalue weighted by Crippen LogP contribution is 2.50. The maximum atomic E-state index is 5.15. The second kappa shape index (κ2) is 11.6. The number of thiophene rings is 1. The summed E-state index contributed by atoms with van der Waals surface area (Å²) in [5, 5.41) is 7.86. The Balaban J connectivity index is 1.04. The molecule has 0 amide bonds. The Morgan fingerprint density at radius 1 is 0.351 bits per heavy atom. The molecule has 5 nitrogen and oxygen atoms in total. The average Bonchev–Trinajstić information content (AvgIpc) is 3.91. The van der Waals surface area contributed by atoms with Crippen LogP contribution in [-0.4, -0.2) is 23.9 Å². The molecule has 0 saturated heterocycles. The van der Waals surface area contributed by atoms with Gasteiger partial charge in [0, 0.05) is 64.1 Å². The summed E-state index contributed by atoms with van der Waals surface area (Å²) in [6.07, 6.45) is 0. The Morgan fingerprint density at radius 3 is 1.72 bits per heavy atom. The van der Waals surface area contributed by atoms with Crippen LogP contribution in [0.1, 0.15) is 0 Å². The summed E-state index contributed by atoms with van der Waals surface area (Å²) in [6.45, 7) is 0. The summed E-state index contributed by atoms with van der Waals surface area (Å²) in [7, 11) is 0. The van der Waals surface area contributed by atoms with Crippen molar-refractivity contribution in [2.24, 2.45) is 0 Å². The van der Waals surface area contributed by atoms with Crippen LogP contribution in [0, 0.1) is 0 Å². The number of hydrogen-bond donors (Lipinski definition) is 0. The van der Waals surface area contributed by atoms with E-state index in [4.69, 9.17) is 15.0 Å². The minimum atomic E-state index is 0.632. The third-order valence-corrected chi connectivity index (χ3v) is 12.8. The molecule has 0 aliphatic rings. The maximum absolute atomic E-state index is 5.15. The lowest BCUT2D eigenvalue weighted by atomic mass is 10.0. The van der Waals surface area contributed by atoms with E-state index < -0.39 is 0 Å². The van der Waals surface area contributed by atoms with Gasteiger partial charge in [-0.25, -0.2) is 15.0 Å². The predicted octanol–water partition coefficient (Wildman–Crippen LogP) is 13.4. The fourth-order valence-corrected chi connectivity index (χ4v) is 10.3. The van der Waals surface area contributed by atoms with Gasteiger partial charge in [-0.3, -0.25) is 0 Å². The zero-order chi connectivity index (χ0) is 37.2. The zero-order valence-electron chi connectivity index (χ0n) is 30.4. The number of benzene rings is 8. The van der Waals surface area contributed by atoms with Gasteiger partial charge in [0.05, 0.1) is 27.6 Å². The Kier molecular flexibility index (Phi) is 6.26. The molecule has 0 radical (unpaired) electrons. The molecule has 0 N–H and O–H groups in total. The van der Waals surface area contributed by atoms with Crippen molar-refractivity contribution in [1.29, 1.82) is 0 Å². The van der Waals surface area contributed by atoms with Crippen LogP contribution in [0.4, 0.5) is 0 Å². The van der Waals surface area contributed by atoms with E-state index >= 15 is 0 Å². The summed E-state index contributed by atoms with van der Waals surface area (Å²) < 4.78 is 7.58. The van der Waals surface area contributed by atoms with Crippen molar-refractivity contribution in [3.63, 3.8) is 0 Å². The molecule has 5 aromatic heterocycles. The van der Waals surface area contributed by atoms with Gasteiger partial charge in [0.1, 0.15) is 0 Å². The summed E-state index contributed by atoms with van der Waals surface area (Å²) in [6, 6.07) is 62.7. The standard InChI is InChI=1S/C51H29N5S/c1-3-11-30(12-4-1)31-21-23-33(24-22-31)50-52-49(32-13-5-2-6-14-32)53-51(54-50)34-15-9-16-35(29-34)55-39-19-10-20-40-44(39)45-41(55)26-28-42-46(45)47-43(57-42)27-25-37-36-17-7-8-18-38(36)56(40)48(37)47/h1-29H. The van der Waals surface area contributed by atoms with Crippen LogP contribution in [0.3, 0.4) is 0 Å². The van der Waals surface area contributed by atoms with Gasteiger partial charge in [-0.05, 0) is 59.7 Å². The number of rotatable bonds is 5. The number of hydrogen-bond acceptors (Lipinski definition) is 4. The first-order valence-electron chi connectivity index (χ1n) is 19.2. The van der Waals surface area contributed by atoms with Gasteiger partial charge in [-0.2, -0.15) is 0 Å². The monoisotopic (exact) mass is 743 g/mol. The molecule has 8 aromatic carbocycles. The minimum Gasteiger partial charge on any atom is -0.309 e. The molecular weight excluding hydrogens is 715 g/mol. The summed E-state index contributed by atoms with van der Waals surface area (Å²) >= 11 is 1.89. The van der Waals surface area contributed by atoms with Crippen molar-refractivity contribution in [2.45, 2.75) is 0 Å². The second-order valence-electron chi connectivity index (χ2n) is 14.8. The number of para-hydroxylation sites is 1. The molecule has 5 heterocycles. The van der Waals surface area contributed by atoms with Crippen molar-refractivity contribution in [1.82, 2.24) is 23.9 Å². The van der Waals surface area contributed by atoms with E-state index in [1.54, 1.807) is 0 Å². The molecule has 13 rings (SSSR count). The molecule has 0 atom stereocenters. The van der Waals surface area contributed by atoms with Gasteiger partial charge in [-0.1, -0.05) is 127 Å². The van der Waals surface area contributed by atoms with E-state index in [-0.39, 0.29) is 0 Å². The Labute approximate surface area is 330 Å². The number of aromatic nitrogens is 5. The van der Waals surface area contributed by atoms with E-state index in [1.807, 2.05) is 35.6 Å². The van der Waals surface area contributed by atoms with Gasteiger partial charge in [-0.15, -0.1) is 11.3 Å². The Bertz CT molecular complexity index is 3670. The lowest BCUT2D eigenvalue weighted by molar-refractivity contribution is 1.07. The first-order valence-corrected chi connectivity index (χ1v) is 20.0. The fourth-order valence-electron chi connectivity index (χ4n) is 9.22. The molecule has 0 aliphatic carbocycles. The van der Waals surface area contributed by atoms with Gasteiger partial charge < -0.3 is 8.97 Å². The van der Waals surface area contributed by atoms with Crippen molar-refractivity contribution < 1.29 is 0 Å². The first kappa shape index (κ1) is 30.9. The zero-order valence-corrected chi connectivity index (χ0v) is 31.2. The third kappa shape index (κ3) is 4.36. The predicted molar refractivity (Wildman–Crippen MR) is 237 cm³/mol. The average molecular weight is 744 g/mol. The van der Waals surface area contributed by atoms with Crippen molar-refractivity contribution in [3.8, 4) is 51.0 Å². The minimum absolute atomic E-state index is 0.632. The van der Waals surface area contributed by atoms with E-state index in [1.165, 1.54) is 74.9 Å². The summed E-state index contributed by atoms with van der Waals surface area (Å²) in [4.78, 5) is 15.3. The molecule has 0 fully saturated rings. The van der Waals surface area contributed by atoms with Crippen molar-refractivity contribution >= 4 is 80.6 Å². The van der Waals surface area contributed by atoms with Crippen molar-refractivity contribution in [3.05, 3.63) is 176 Å². The van der Waals surface area contributed by atoms with Crippen LogP contribution < -0.4 is 0 Å². The van der Waals surface area contributed by atoms with Crippen molar-refractivity contribution in [2.75, 3.05) is 0 Å². The van der Waals surface area contributed by atoms with Crippen LogP contribution in [0.15, 0.2) is 176 Å². The Morgan fingerprint density at radius 2 is 0.912 bits per heavy atom. The normalized spacial score (nSPS) is 12.2. The van der Waals surface area contributed by atoms with E-state index in [0.29, 0.717) is 17.5 Å². The molecule has 0 saturated carbocycles. The van der Waals surface area contributed by atoms with Crippen LogP contribution in [0.5, 0.6) is 0 Å². The Hall–Kier alpha value is -7.41. The molecule has 264 valence electrons. The fraction of sp³-hybridized carbons (Fsp3) is 0. The molecule has 0 unspecified atom stereocenters. The van der Waals surface area contributed by atoms with Gasteiger partial charge >= 0.3 is 0 Å². The molecular formula is C51H29N5S. The second-order valence-corrected chi connectivity index (χ2v) is 15.9. The summed E-state index contributed by atoms with van der Waals surface area (Å²) in [5.41, 5.74) is 12.3. The largest absolute Gasteiger partial charge is 0.309 e. The van der Waals surface area contributed by atoms with Crippen LogP contribution in [-0.2, 0) is 0 Å². The van der Waals surface area contributed by atoms with E-state index in [9.17, 15) is 0 Å². The smallest absolute Gasteiger partial charge is 0.164 e. The molecule has 0 aliphatic heterocycles. The van der Waals surface area contributed by atoms with Gasteiger partial charge in [0.25, 0.3) is 0 Å². The summed E-state index contributed by atoms with van der Waals surface area (Å²) in [5.74, 6) is 1.91.